The third kappa shape index (κ3) is 4.94. The number of anilines is 1. The summed E-state index contributed by atoms with van der Waals surface area (Å²) < 4.78 is 10.1. The molecule has 0 aliphatic rings. The molecule has 0 aliphatic carbocycles. The zero-order valence-corrected chi connectivity index (χ0v) is 12.0. The van der Waals surface area contributed by atoms with E-state index in [1.807, 2.05) is 13.0 Å². The summed E-state index contributed by atoms with van der Waals surface area (Å²) in [5.74, 6) is 6.46. The smallest absolute Gasteiger partial charge is 0.210 e. The second kappa shape index (κ2) is 7.83. The van der Waals surface area contributed by atoms with Crippen molar-refractivity contribution in [1.82, 2.24) is 5.43 Å². The minimum atomic E-state index is -0.0164. The monoisotopic (exact) mass is 286 g/mol. The highest BCUT2D eigenvalue weighted by molar-refractivity contribution is 6.32. The van der Waals surface area contributed by atoms with Crippen LogP contribution in [0.5, 0.6) is 5.75 Å². The van der Waals surface area contributed by atoms with Gasteiger partial charge in [0.25, 0.3) is 0 Å². The Kier molecular flexibility index (Phi) is 6.41. The Balaban J connectivity index is 2.78. The van der Waals surface area contributed by atoms with Crippen LogP contribution in [0.1, 0.15) is 6.92 Å². The zero-order chi connectivity index (χ0) is 14.3. The lowest BCUT2D eigenvalue weighted by Crippen LogP contribution is -2.37. The van der Waals surface area contributed by atoms with E-state index in [9.17, 15) is 0 Å². The first-order valence-electron chi connectivity index (χ1n) is 5.74. The number of methoxy groups -OCH3 is 2. The molecular weight excluding hydrogens is 268 g/mol. The molecule has 1 rings (SSSR count). The first-order chi connectivity index (χ1) is 9.10. The number of nitrogens with two attached hydrogens (primary N) is 1. The Morgan fingerprint density at radius 2 is 2.21 bits per heavy atom. The van der Waals surface area contributed by atoms with E-state index in [-0.39, 0.29) is 6.04 Å². The van der Waals surface area contributed by atoms with Gasteiger partial charge >= 0.3 is 0 Å². The first kappa shape index (κ1) is 15.6. The van der Waals surface area contributed by atoms with Crippen LogP contribution in [0.25, 0.3) is 0 Å². The summed E-state index contributed by atoms with van der Waals surface area (Å²) >= 11 is 6.04. The summed E-state index contributed by atoms with van der Waals surface area (Å²) in [6.45, 7) is 2.43. The predicted octanol–water partition coefficient (Wildman–Crippen LogP) is 1.61. The molecule has 0 radical (unpaired) electrons. The molecule has 0 amide bonds. The van der Waals surface area contributed by atoms with Crippen molar-refractivity contribution in [2.75, 3.05) is 26.1 Å². The van der Waals surface area contributed by atoms with Crippen molar-refractivity contribution in [1.29, 1.82) is 0 Å². The molecule has 1 aromatic carbocycles. The van der Waals surface area contributed by atoms with Gasteiger partial charge < -0.3 is 14.8 Å². The van der Waals surface area contributed by atoms with Crippen LogP contribution < -0.4 is 21.3 Å². The average Bonchev–Trinajstić information content (AvgIpc) is 2.38. The van der Waals surface area contributed by atoms with Crippen molar-refractivity contribution >= 4 is 23.2 Å². The van der Waals surface area contributed by atoms with Gasteiger partial charge in [-0.15, -0.1) is 0 Å². The molecule has 0 aromatic heterocycles. The fourth-order valence-electron chi connectivity index (χ4n) is 1.49. The number of guanidine groups is 1. The summed E-state index contributed by atoms with van der Waals surface area (Å²) in [6.07, 6.45) is 0. The van der Waals surface area contributed by atoms with Crippen LogP contribution in [0, 0.1) is 0 Å². The Morgan fingerprint density at radius 3 is 2.74 bits per heavy atom. The molecule has 1 atom stereocenters. The van der Waals surface area contributed by atoms with E-state index in [4.69, 9.17) is 26.9 Å². The van der Waals surface area contributed by atoms with E-state index in [2.05, 4.69) is 15.7 Å². The molecule has 0 saturated carbocycles. The molecule has 0 heterocycles. The number of ether oxygens (including phenoxy) is 2. The van der Waals surface area contributed by atoms with Crippen molar-refractivity contribution in [2.45, 2.75) is 13.0 Å². The van der Waals surface area contributed by atoms with Crippen molar-refractivity contribution in [3.63, 3.8) is 0 Å². The van der Waals surface area contributed by atoms with Crippen molar-refractivity contribution in [3.8, 4) is 5.75 Å². The van der Waals surface area contributed by atoms with Gasteiger partial charge in [-0.2, -0.15) is 0 Å². The summed E-state index contributed by atoms with van der Waals surface area (Å²) in [5, 5.41) is 3.54. The molecule has 19 heavy (non-hydrogen) atoms. The molecule has 0 saturated heterocycles. The van der Waals surface area contributed by atoms with E-state index in [0.29, 0.717) is 23.3 Å². The van der Waals surface area contributed by atoms with Crippen LogP contribution in [0.2, 0.25) is 5.02 Å². The maximum absolute atomic E-state index is 6.04. The zero-order valence-electron chi connectivity index (χ0n) is 11.2. The van der Waals surface area contributed by atoms with E-state index in [1.165, 1.54) is 0 Å². The molecule has 4 N–H and O–H groups in total. The Bertz CT molecular complexity index is 440. The van der Waals surface area contributed by atoms with Gasteiger partial charge in [0.1, 0.15) is 5.75 Å². The van der Waals surface area contributed by atoms with Gasteiger partial charge in [-0.05, 0) is 25.1 Å². The lowest BCUT2D eigenvalue weighted by molar-refractivity contribution is 0.185. The number of aliphatic imine (C=N–C) groups is 1. The maximum Gasteiger partial charge on any atom is 0.210 e. The molecule has 106 valence electrons. The second-order valence-electron chi connectivity index (χ2n) is 3.90. The van der Waals surface area contributed by atoms with Crippen molar-refractivity contribution in [2.24, 2.45) is 10.8 Å². The van der Waals surface area contributed by atoms with Crippen LogP contribution >= 0.6 is 11.6 Å². The predicted molar refractivity (Wildman–Crippen MR) is 77.7 cm³/mol. The van der Waals surface area contributed by atoms with E-state index in [1.54, 1.807) is 26.4 Å². The lowest BCUT2D eigenvalue weighted by atomic mass is 10.3. The first-order valence-corrected chi connectivity index (χ1v) is 6.12. The highest BCUT2D eigenvalue weighted by atomic mass is 35.5. The number of nitrogens with zero attached hydrogens (tertiary/aromatic N) is 1. The van der Waals surface area contributed by atoms with Gasteiger partial charge in [0.15, 0.2) is 0 Å². The van der Waals surface area contributed by atoms with E-state index >= 15 is 0 Å². The standard InChI is InChI=1S/C12H19ClN4O2/c1-8(7-18-2)15-12(17-14)16-9-4-5-11(19-3)10(13)6-9/h4-6,8H,7,14H2,1-3H3,(H2,15,16,17). The van der Waals surface area contributed by atoms with Gasteiger partial charge in [-0.25, -0.2) is 10.8 Å². The van der Waals surface area contributed by atoms with Gasteiger partial charge in [0.2, 0.25) is 5.96 Å². The van der Waals surface area contributed by atoms with E-state index in [0.717, 1.165) is 5.69 Å². The van der Waals surface area contributed by atoms with Crippen LogP contribution in [0.4, 0.5) is 5.69 Å². The Hall–Kier alpha value is -1.50. The lowest BCUT2D eigenvalue weighted by Gasteiger charge is -2.13. The number of halogens is 1. The third-order valence-corrected chi connectivity index (χ3v) is 2.60. The Morgan fingerprint density at radius 1 is 1.47 bits per heavy atom. The minimum Gasteiger partial charge on any atom is -0.495 e. The molecule has 0 bridgehead atoms. The highest BCUT2D eigenvalue weighted by Crippen LogP contribution is 2.27. The van der Waals surface area contributed by atoms with Crippen LogP contribution in [0.3, 0.4) is 0 Å². The van der Waals surface area contributed by atoms with Crippen LogP contribution in [-0.4, -0.2) is 32.8 Å². The number of hydrogen-bond donors (Lipinski definition) is 3. The molecule has 0 aliphatic heterocycles. The van der Waals surface area contributed by atoms with Gasteiger partial charge in [-0.1, -0.05) is 11.6 Å². The van der Waals surface area contributed by atoms with Crippen molar-refractivity contribution < 1.29 is 9.47 Å². The summed E-state index contributed by atoms with van der Waals surface area (Å²) in [5.41, 5.74) is 3.25. The molecule has 0 fully saturated rings. The maximum atomic E-state index is 6.04. The normalized spacial score (nSPS) is 13.0. The topological polar surface area (TPSA) is 80.9 Å². The minimum absolute atomic E-state index is 0.0164. The summed E-state index contributed by atoms with van der Waals surface area (Å²) in [4.78, 5) is 4.32. The molecule has 6 nitrogen and oxygen atoms in total. The quantitative estimate of drug-likeness (QED) is 0.332. The number of hydrazine groups is 1. The number of hydrogen-bond acceptors (Lipinski definition) is 4. The number of benzene rings is 1. The number of nitrogens with one attached hydrogen (secondary N) is 2. The highest BCUT2D eigenvalue weighted by Gasteiger charge is 2.05. The third-order valence-electron chi connectivity index (χ3n) is 2.31. The number of rotatable bonds is 5. The average molecular weight is 287 g/mol. The van der Waals surface area contributed by atoms with Gasteiger partial charge in [-0.3, -0.25) is 5.43 Å². The van der Waals surface area contributed by atoms with Crippen molar-refractivity contribution in [3.05, 3.63) is 23.2 Å². The molecule has 7 heteroatoms. The largest absolute Gasteiger partial charge is 0.495 e. The fraction of sp³-hybridized carbons (Fsp3) is 0.417. The SMILES string of the molecule is COCC(C)N=C(NN)Nc1ccc(OC)c(Cl)c1. The van der Waals surface area contributed by atoms with Gasteiger partial charge in [0, 0.05) is 12.8 Å². The molecule has 0 spiro atoms. The summed E-state index contributed by atoms with van der Waals surface area (Å²) in [6, 6.07) is 5.29. The molecule has 1 unspecified atom stereocenters. The Labute approximate surface area is 117 Å². The molecule has 1 aromatic rings. The fourth-order valence-corrected chi connectivity index (χ4v) is 1.74. The second-order valence-corrected chi connectivity index (χ2v) is 4.31. The van der Waals surface area contributed by atoms with Gasteiger partial charge in [0.05, 0.1) is 24.8 Å². The van der Waals surface area contributed by atoms with Crippen LogP contribution in [0.15, 0.2) is 23.2 Å². The summed E-state index contributed by atoms with van der Waals surface area (Å²) in [7, 11) is 3.19. The van der Waals surface area contributed by atoms with Crippen LogP contribution in [-0.2, 0) is 4.74 Å². The molecular formula is C12H19ClN4O2. The van der Waals surface area contributed by atoms with E-state index < -0.39 is 0 Å².